The Hall–Kier alpha value is -2.38. The van der Waals surface area contributed by atoms with Crippen molar-refractivity contribution >= 4 is 15.9 Å². The van der Waals surface area contributed by atoms with Crippen LogP contribution in [-0.2, 0) is 16.6 Å². The smallest absolute Gasteiger partial charge is 0.254 e. The number of sulfonamides is 1. The molecule has 1 amide bonds. The fourth-order valence-corrected chi connectivity index (χ4v) is 3.56. The van der Waals surface area contributed by atoms with E-state index in [0.717, 1.165) is 12.0 Å². The van der Waals surface area contributed by atoms with Crippen LogP contribution in [0.3, 0.4) is 0 Å². The zero-order chi connectivity index (χ0) is 19.2. The van der Waals surface area contributed by atoms with Crippen LogP contribution in [0.25, 0.3) is 0 Å². The standard InChI is InChI=1S/C19H24N2O4S/c1-4-12-21(14-15-8-6-5-7-9-15)19(22)16-10-11-17(25-3)18(13-16)26(23,24)20-2/h5-11,13,20H,4,12,14H2,1-3H3. The third-order valence-electron chi connectivity index (χ3n) is 3.97. The van der Waals surface area contributed by atoms with Gasteiger partial charge in [0.15, 0.2) is 0 Å². The number of benzene rings is 2. The summed E-state index contributed by atoms with van der Waals surface area (Å²) in [5.41, 5.74) is 1.33. The molecule has 2 rings (SSSR count). The third-order valence-corrected chi connectivity index (χ3v) is 5.40. The van der Waals surface area contributed by atoms with Crippen LogP contribution < -0.4 is 9.46 Å². The van der Waals surface area contributed by atoms with Crippen molar-refractivity contribution in [2.75, 3.05) is 20.7 Å². The van der Waals surface area contributed by atoms with Crippen LogP contribution in [-0.4, -0.2) is 39.9 Å². The summed E-state index contributed by atoms with van der Waals surface area (Å²) < 4.78 is 31.8. The van der Waals surface area contributed by atoms with Gasteiger partial charge in [0, 0.05) is 18.7 Å². The van der Waals surface area contributed by atoms with E-state index in [2.05, 4.69) is 4.72 Å². The number of nitrogens with zero attached hydrogens (tertiary/aromatic N) is 1. The van der Waals surface area contributed by atoms with Crippen molar-refractivity contribution in [2.45, 2.75) is 24.8 Å². The fraction of sp³-hybridized carbons (Fsp3) is 0.316. The highest BCUT2D eigenvalue weighted by molar-refractivity contribution is 7.89. The van der Waals surface area contributed by atoms with Gasteiger partial charge in [0.2, 0.25) is 10.0 Å². The van der Waals surface area contributed by atoms with Gasteiger partial charge in [-0.2, -0.15) is 0 Å². The van der Waals surface area contributed by atoms with Gasteiger partial charge < -0.3 is 9.64 Å². The van der Waals surface area contributed by atoms with Gasteiger partial charge in [0.25, 0.3) is 5.91 Å². The molecule has 0 heterocycles. The van der Waals surface area contributed by atoms with E-state index in [0.29, 0.717) is 18.7 Å². The molecule has 0 bridgehead atoms. The van der Waals surface area contributed by atoms with Gasteiger partial charge in [0.05, 0.1) is 7.11 Å². The zero-order valence-electron chi connectivity index (χ0n) is 15.2. The Morgan fingerprint density at radius 3 is 2.42 bits per heavy atom. The van der Waals surface area contributed by atoms with Gasteiger partial charge in [0.1, 0.15) is 10.6 Å². The number of rotatable bonds is 8. The first-order valence-corrected chi connectivity index (χ1v) is 9.86. The summed E-state index contributed by atoms with van der Waals surface area (Å²) in [5.74, 6) is -0.0214. The summed E-state index contributed by atoms with van der Waals surface area (Å²) in [6, 6.07) is 14.1. The molecule has 0 aromatic heterocycles. The number of ether oxygens (including phenoxy) is 1. The molecular formula is C19H24N2O4S. The summed E-state index contributed by atoms with van der Waals surface area (Å²) in [4.78, 5) is 14.6. The SMILES string of the molecule is CCCN(Cc1ccccc1)C(=O)c1ccc(OC)c(S(=O)(=O)NC)c1. The summed E-state index contributed by atoms with van der Waals surface area (Å²) >= 11 is 0. The zero-order valence-corrected chi connectivity index (χ0v) is 16.0. The molecule has 140 valence electrons. The molecular weight excluding hydrogens is 352 g/mol. The summed E-state index contributed by atoms with van der Waals surface area (Å²) in [6.07, 6.45) is 0.802. The first-order chi connectivity index (χ1) is 12.4. The molecule has 7 heteroatoms. The fourth-order valence-electron chi connectivity index (χ4n) is 2.64. The quantitative estimate of drug-likeness (QED) is 0.768. The highest BCUT2D eigenvalue weighted by atomic mass is 32.2. The summed E-state index contributed by atoms with van der Waals surface area (Å²) in [6.45, 7) is 3.04. The van der Waals surface area contributed by atoms with E-state index < -0.39 is 10.0 Å². The third kappa shape index (κ3) is 4.62. The van der Waals surface area contributed by atoms with Crippen molar-refractivity contribution < 1.29 is 17.9 Å². The van der Waals surface area contributed by atoms with Crippen LogP contribution in [0.4, 0.5) is 0 Å². The Morgan fingerprint density at radius 2 is 1.85 bits per heavy atom. The minimum absolute atomic E-state index is 0.0514. The molecule has 0 radical (unpaired) electrons. The van der Waals surface area contributed by atoms with Gasteiger partial charge in [-0.1, -0.05) is 37.3 Å². The van der Waals surface area contributed by atoms with Crippen LogP contribution in [0.1, 0.15) is 29.3 Å². The van der Waals surface area contributed by atoms with E-state index in [-0.39, 0.29) is 16.6 Å². The number of carbonyl (C=O) groups is 1. The second-order valence-electron chi connectivity index (χ2n) is 5.79. The van der Waals surface area contributed by atoms with Gasteiger partial charge >= 0.3 is 0 Å². The molecule has 1 N–H and O–H groups in total. The first-order valence-electron chi connectivity index (χ1n) is 8.37. The largest absolute Gasteiger partial charge is 0.495 e. The molecule has 6 nitrogen and oxygen atoms in total. The number of hydrogen-bond acceptors (Lipinski definition) is 4. The van der Waals surface area contributed by atoms with Crippen LogP contribution in [0.5, 0.6) is 5.75 Å². The number of amides is 1. The maximum atomic E-state index is 13.0. The molecule has 0 aliphatic carbocycles. The average Bonchev–Trinajstić information content (AvgIpc) is 2.67. The topological polar surface area (TPSA) is 75.7 Å². The number of hydrogen-bond donors (Lipinski definition) is 1. The molecule has 0 spiro atoms. The Morgan fingerprint density at radius 1 is 1.15 bits per heavy atom. The van der Waals surface area contributed by atoms with E-state index in [1.807, 2.05) is 37.3 Å². The van der Waals surface area contributed by atoms with Crippen molar-refractivity contribution in [2.24, 2.45) is 0 Å². The van der Waals surface area contributed by atoms with Crippen LogP contribution in [0, 0.1) is 0 Å². The van der Waals surface area contributed by atoms with E-state index >= 15 is 0 Å². The molecule has 0 aliphatic rings. The second-order valence-corrected chi connectivity index (χ2v) is 7.64. The second kappa shape index (κ2) is 8.82. The van der Waals surface area contributed by atoms with Crippen molar-refractivity contribution in [3.8, 4) is 5.75 Å². The monoisotopic (exact) mass is 376 g/mol. The Kier molecular flexibility index (Phi) is 6.76. The maximum absolute atomic E-state index is 13.0. The lowest BCUT2D eigenvalue weighted by Gasteiger charge is -2.23. The molecule has 0 fully saturated rings. The van der Waals surface area contributed by atoms with Crippen molar-refractivity contribution in [3.05, 3.63) is 59.7 Å². The maximum Gasteiger partial charge on any atom is 0.254 e. The van der Waals surface area contributed by atoms with Crippen molar-refractivity contribution in [1.29, 1.82) is 0 Å². The molecule has 0 unspecified atom stereocenters. The van der Waals surface area contributed by atoms with Crippen molar-refractivity contribution in [3.63, 3.8) is 0 Å². The number of nitrogens with one attached hydrogen (secondary N) is 1. The molecule has 0 aliphatic heterocycles. The first kappa shape index (κ1) is 19.9. The number of methoxy groups -OCH3 is 1. The van der Waals surface area contributed by atoms with Crippen LogP contribution >= 0.6 is 0 Å². The van der Waals surface area contributed by atoms with Crippen molar-refractivity contribution in [1.82, 2.24) is 9.62 Å². The molecule has 2 aromatic carbocycles. The lowest BCUT2D eigenvalue weighted by Crippen LogP contribution is -2.31. The summed E-state index contributed by atoms with van der Waals surface area (Å²) in [7, 11) is -1.02. The molecule has 0 atom stereocenters. The average molecular weight is 376 g/mol. The predicted molar refractivity (Wildman–Crippen MR) is 101 cm³/mol. The molecule has 0 saturated carbocycles. The van der Waals surface area contributed by atoms with Gasteiger partial charge in [-0.15, -0.1) is 0 Å². The lowest BCUT2D eigenvalue weighted by atomic mass is 10.1. The number of carbonyl (C=O) groups excluding carboxylic acids is 1. The minimum atomic E-state index is -3.74. The van der Waals surface area contributed by atoms with E-state index in [1.54, 1.807) is 11.0 Å². The predicted octanol–water partition coefficient (Wildman–Crippen LogP) is 2.66. The highest BCUT2D eigenvalue weighted by Gasteiger charge is 2.22. The van der Waals surface area contributed by atoms with Gasteiger partial charge in [-0.05, 0) is 37.2 Å². The highest BCUT2D eigenvalue weighted by Crippen LogP contribution is 2.25. The lowest BCUT2D eigenvalue weighted by molar-refractivity contribution is 0.0743. The van der Waals surface area contributed by atoms with Crippen LogP contribution in [0.15, 0.2) is 53.4 Å². The van der Waals surface area contributed by atoms with E-state index in [9.17, 15) is 13.2 Å². The van der Waals surface area contributed by atoms with Gasteiger partial charge in [-0.3, -0.25) is 4.79 Å². The summed E-state index contributed by atoms with van der Waals surface area (Å²) in [5, 5.41) is 0. The Labute approximate surface area is 154 Å². The molecule has 0 saturated heterocycles. The van der Waals surface area contributed by atoms with E-state index in [4.69, 9.17) is 4.74 Å². The Balaban J connectivity index is 2.38. The normalized spacial score (nSPS) is 11.2. The van der Waals surface area contributed by atoms with E-state index in [1.165, 1.54) is 26.3 Å². The molecule has 2 aromatic rings. The minimum Gasteiger partial charge on any atom is -0.495 e. The Bertz CT molecular complexity index is 851. The van der Waals surface area contributed by atoms with Crippen LogP contribution in [0.2, 0.25) is 0 Å². The van der Waals surface area contributed by atoms with Gasteiger partial charge in [-0.25, -0.2) is 13.1 Å². The molecule has 26 heavy (non-hydrogen) atoms.